The standard InChI is InChI=1S/C32H43N7O2/c1-4-6-14-27-21-38(29-24(5-2)11-8-7-9-15-28(29)23(3)40)31(41)39(27)22-32(16-18-33-19-17-32)26-13-10-12-25(20-26)30-34-36-37-35-30/h10,12-13,16,18-21,24,28-29H,4-9,11,14-15,17,22H2,1-3H3,(H,34,35,36,37). The van der Waals surface area contributed by atoms with Gasteiger partial charge in [0.05, 0.1) is 6.04 Å². The molecule has 5 rings (SSSR count). The van der Waals surface area contributed by atoms with Crippen LogP contribution in [0.4, 0.5) is 0 Å². The predicted octanol–water partition coefficient (Wildman–Crippen LogP) is 5.84. The van der Waals surface area contributed by atoms with Crippen molar-refractivity contribution in [3.05, 3.63) is 64.5 Å². The zero-order valence-electron chi connectivity index (χ0n) is 24.6. The molecule has 1 fully saturated rings. The van der Waals surface area contributed by atoms with Gasteiger partial charge in [-0.15, -0.1) is 10.2 Å². The molecule has 1 aromatic carbocycles. The van der Waals surface area contributed by atoms with Crippen LogP contribution in [-0.2, 0) is 23.2 Å². The quantitative estimate of drug-likeness (QED) is 0.337. The Labute approximate surface area is 242 Å². The van der Waals surface area contributed by atoms with Crippen LogP contribution in [0.5, 0.6) is 0 Å². The van der Waals surface area contributed by atoms with E-state index in [9.17, 15) is 9.59 Å². The van der Waals surface area contributed by atoms with Gasteiger partial charge in [0.25, 0.3) is 0 Å². The molecule has 4 atom stereocenters. The maximum absolute atomic E-state index is 14.5. The summed E-state index contributed by atoms with van der Waals surface area (Å²) in [6.45, 7) is 6.58. The van der Waals surface area contributed by atoms with Crippen LogP contribution in [0.1, 0.15) is 95.9 Å². The molecule has 9 heteroatoms. The van der Waals surface area contributed by atoms with Gasteiger partial charge >= 0.3 is 5.69 Å². The van der Waals surface area contributed by atoms with E-state index < -0.39 is 5.41 Å². The molecule has 0 bridgehead atoms. The fraction of sp³-hybridized carbons (Fsp3) is 0.562. The maximum Gasteiger partial charge on any atom is 0.328 e. The molecule has 1 aliphatic carbocycles. The SMILES string of the molecule is CCCCc1cn(C2C(CC)CCCCCC2C(C)=O)c(=O)n1CC1(c2cccc(-c3nn[nH]n3)c2)C=CN=CC1. The number of Topliss-reactive ketones (excluding diaryl/α,β-unsaturated/α-hetero) is 1. The first kappa shape index (κ1) is 28.9. The fourth-order valence-electron chi connectivity index (χ4n) is 6.90. The van der Waals surface area contributed by atoms with Crippen molar-refractivity contribution in [2.75, 3.05) is 0 Å². The fourth-order valence-corrected chi connectivity index (χ4v) is 6.90. The number of aliphatic imine (C=N–C) groups is 1. The lowest BCUT2D eigenvalue weighted by molar-refractivity contribution is -0.123. The van der Waals surface area contributed by atoms with Crippen molar-refractivity contribution in [2.45, 2.75) is 103 Å². The third kappa shape index (κ3) is 6.04. The first-order chi connectivity index (χ1) is 20.0. The Morgan fingerprint density at radius 1 is 1.17 bits per heavy atom. The summed E-state index contributed by atoms with van der Waals surface area (Å²) >= 11 is 0. The first-order valence-electron chi connectivity index (χ1n) is 15.3. The molecule has 0 spiro atoms. The Hall–Kier alpha value is -3.62. The molecule has 3 heterocycles. The van der Waals surface area contributed by atoms with Gasteiger partial charge in [0.2, 0.25) is 5.82 Å². The van der Waals surface area contributed by atoms with Gasteiger partial charge < -0.3 is 0 Å². The van der Waals surface area contributed by atoms with Gasteiger partial charge in [-0.05, 0) is 61.8 Å². The number of H-pyrrole nitrogens is 1. The number of nitrogens with one attached hydrogen (secondary N) is 1. The summed E-state index contributed by atoms with van der Waals surface area (Å²) in [6, 6.07) is 8.07. The number of hydrogen-bond acceptors (Lipinski definition) is 6. The van der Waals surface area contributed by atoms with Crippen LogP contribution in [0.2, 0.25) is 0 Å². The lowest BCUT2D eigenvalue weighted by Gasteiger charge is -2.35. The summed E-state index contributed by atoms with van der Waals surface area (Å²) in [6.07, 6.45) is 17.7. The minimum Gasteiger partial charge on any atom is -0.300 e. The number of unbranched alkanes of at least 4 members (excludes halogenated alkanes) is 1. The number of tetrazole rings is 1. The van der Waals surface area contributed by atoms with Gasteiger partial charge in [0.1, 0.15) is 5.78 Å². The van der Waals surface area contributed by atoms with E-state index in [0.717, 1.165) is 74.6 Å². The van der Waals surface area contributed by atoms with Crippen molar-refractivity contribution in [3.8, 4) is 11.4 Å². The summed E-state index contributed by atoms with van der Waals surface area (Å²) in [4.78, 5) is 31.9. The Bertz CT molecular complexity index is 1430. The molecule has 0 amide bonds. The Balaban J connectivity index is 1.61. The van der Waals surface area contributed by atoms with E-state index in [0.29, 0.717) is 24.7 Å². The average Bonchev–Trinajstić information content (AvgIpc) is 3.62. The van der Waals surface area contributed by atoms with E-state index in [1.165, 1.54) is 0 Å². The normalized spacial score (nSPS) is 24.7. The number of aromatic nitrogens is 6. The number of carbonyl (C=O) groups excluding carboxylic acids is 1. The molecule has 1 saturated carbocycles. The predicted molar refractivity (Wildman–Crippen MR) is 161 cm³/mol. The number of hydrogen-bond donors (Lipinski definition) is 1. The third-order valence-corrected chi connectivity index (χ3v) is 9.25. The number of carbonyl (C=O) groups is 1. The number of imidazole rings is 1. The highest BCUT2D eigenvalue weighted by molar-refractivity contribution is 5.78. The molecule has 41 heavy (non-hydrogen) atoms. The van der Waals surface area contributed by atoms with Gasteiger partial charge in [-0.2, -0.15) is 5.21 Å². The van der Waals surface area contributed by atoms with E-state index in [4.69, 9.17) is 0 Å². The number of ketones is 1. The van der Waals surface area contributed by atoms with Crippen LogP contribution in [0.25, 0.3) is 11.4 Å². The molecule has 9 nitrogen and oxygen atoms in total. The van der Waals surface area contributed by atoms with Gasteiger partial charge in [-0.1, -0.05) is 70.2 Å². The number of aromatic amines is 1. The van der Waals surface area contributed by atoms with Crippen LogP contribution in [0, 0.1) is 11.8 Å². The Morgan fingerprint density at radius 2 is 2.02 bits per heavy atom. The molecule has 4 unspecified atom stereocenters. The van der Waals surface area contributed by atoms with Crippen molar-refractivity contribution in [1.29, 1.82) is 0 Å². The van der Waals surface area contributed by atoms with Gasteiger partial charge in [0, 0.05) is 47.7 Å². The van der Waals surface area contributed by atoms with Crippen molar-refractivity contribution in [2.24, 2.45) is 16.8 Å². The molecular weight excluding hydrogens is 514 g/mol. The zero-order valence-corrected chi connectivity index (χ0v) is 24.6. The summed E-state index contributed by atoms with van der Waals surface area (Å²) in [5, 5.41) is 14.6. The highest BCUT2D eigenvalue weighted by atomic mass is 16.2. The maximum atomic E-state index is 14.5. The molecule has 2 aliphatic rings. The smallest absolute Gasteiger partial charge is 0.300 e. The molecule has 218 valence electrons. The zero-order chi connectivity index (χ0) is 28.8. The summed E-state index contributed by atoms with van der Waals surface area (Å²) in [5.74, 6) is 0.910. The molecular formula is C32H43N7O2. The van der Waals surface area contributed by atoms with Crippen LogP contribution in [-0.4, -0.2) is 41.8 Å². The molecule has 0 saturated heterocycles. The minimum absolute atomic E-state index is 0.00372. The van der Waals surface area contributed by atoms with Crippen molar-refractivity contribution in [1.82, 2.24) is 29.8 Å². The number of nitrogens with zero attached hydrogens (tertiary/aromatic N) is 6. The highest BCUT2D eigenvalue weighted by Crippen LogP contribution is 2.39. The highest BCUT2D eigenvalue weighted by Gasteiger charge is 2.37. The first-order valence-corrected chi connectivity index (χ1v) is 15.3. The van der Waals surface area contributed by atoms with Crippen LogP contribution < -0.4 is 5.69 Å². The Kier molecular flexibility index (Phi) is 9.10. The number of aryl methyl sites for hydroxylation is 1. The molecule has 1 aliphatic heterocycles. The molecule has 0 radical (unpaired) electrons. The van der Waals surface area contributed by atoms with E-state index in [1.54, 1.807) is 6.92 Å². The minimum atomic E-state index is -0.469. The van der Waals surface area contributed by atoms with E-state index in [1.807, 2.05) is 33.7 Å². The lowest BCUT2D eigenvalue weighted by Crippen LogP contribution is -2.41. The van der Waals surface area contributed by atoms with E-state index >= 15 is 0 Å². The van der Waals surface area contributed by atoms with Crippen molar-refractivity contribution >= 4 is 12.0 Å². The number of allylic oxidation sites excluding steroid dienone is 1. The second kappa shape index (κ2) is 12.9. The second-order valence-corrected chi connectivity index (χ2v) is 11.8. The van der Waals surface area contributed by atoms with Crippen LogP contribution in [0.3, 0.4) is 0 Å². The topological polar surface area (TPSA) is 111 Å². The number of rotatable bonds is 10. The molecule has 3 aromatic rings. The average molecular weight is 558 g/mol. The monoisotopic (exact) mass is 557 g/mol. The largest absolute Gasteiger partial charge is 0.328 e. The second-order valence-electron chi connectivity index (χ2n) is 11.8. The molecule has 1 N–H and O–H groups in total. The van der Waals surface area contributed by atoms with Gasteiger partial charge in [0.15, 0.2) is 0 Å². The van der Waals surface area contributed by atoms with E-state index in [-0.39, 0.29) is 23.4 Å². The molecule has 2 aromatic heterocycles. The summed E-state index contributed by atoms with van der Waals surface area (Å²) < 4.78 is 3.95. The van der Waals surface area contributed by atoms with Crippen LogP contribution in [0.15, 0.2) is 52.5 Å². The lowest BCUT2D eigenvalue weighted by atomic mass is 9.76. The third-order valence-electron chi connectivity index (χ3n) is 9.25. The van der Waals surface area contributed by atoms with Crippen molar-refractivity contribution < 1.29 is 4.79 Å². The van der Waals surface area contributed by atoms with Crippen molar-refractivity contribution in [3.63, 3.8) is 0 Å². The van der Waals surface area contributed by atoms with Gasteiger partial charge in [-0.3, -0.25) is 18.9 Å². The summed E-state index contributed by atoms with van der Waals surface area (Å²) in [7, 11) is 0. The van der Waals surface area contributed by atoms with Crippen LogP contribution >= 0.6 is 0 Å². The Morgan fingerprint density at radius 3 is 2.73 bits per heavy atom. The number of benzene rings is 1. The van der Waals surface area contributed by atoms with E-state index in [2.05, 4.69) is 63.9 Å². The summed E-state index contributed by atoms with van der Waals surface area (Å²) in [5.41, 5.74) is 2.51. The van der Waals surface area contributed by atoms with Gasteiger partial charge in [-0.25, -0.2) is 4.79 Å².